The van der Waals surface area contributed by atoms with E-state index in [9.17, 15) is 0 Å². The van der Waals surface area contributed by atoms with E-state index in [1.54, 1.807) is 0 Å². The van der Waals surface area contributed by atoms with Crippen LogP contribution in [0, 0.1) is 0 Å². The molecule has 0 spiro atoms. The van der Waals surface area contributed by atoms with E-state index in [-0.39, 0.29) is 0 Å². The third-order valence-electron chi connectivity index (χ3n) is 3.42. The first-order valence-corrected chi connectivity index (χ1v) is 7.53. The molecule has 1 aromatic heterocycles. The molecular weight excluding hydrogens is 290 g/mol. The zero-order chi connectivity index (χ0) is 14.7. The minimum Gasteiger partial charge on any atom is -0.492 e. The predicted molar refractivity (Wildman–Crippen MR) is 81.1 cm³/mol. The standard InChI is InChI=1S/C15H18ClN3O2/c1-19(15-18-17-14(21-15)11-7-8-11)9-4-10-20-13-6-3-2-5-12(13)16/h2-3,5-6,11H,4,7-10H2,1H3. The second-order valence-electron chi connectivity index (χ2n) is 5.25. The number of hydrogen-bond acceptors (Lipinski definition) is 5. The minimum atomic E-state index is 0.489. The number of halogens is 1. The molecule has 0 saturated heterocycles. The number of anilines is 1. The van der Waals surface area contributed by atoms with E-state index in [1.165, 1.54) is 0 Å². The van der Waals surface area contributed by atoms with Crippen molar-refractivity contribution in [3.05, 3.63) is 35.2 Å². The molecule has 0 atom stereocenters. The van der Waals surface area contributed by atoms with Crippen LogP contribution in [0.5, 0.6) is 5.75 Å². The number of aromatic nitrogens is 2. The molecule has 0 amide bonds. The van der Waals surface area contributed by atoms with Gasteiger partial charge in [-0.3, -0.25) is 0 Å². The highest BCUT2D eigenvalue weighted by atomic mass is 35.5. The summed E-state index contributed by atoms with van der Waals surface area (Å²) < 4.78 is 11.3. The van der Waals surface area contributed by atoms with Gasteiger partial charge in [0.2, 0.25) is 5.89 Å². The fourth-order valence-corrected chi connectivity index (χ4v) is 2.21. The van der Waals surface area contributed by atoms with E-state index in [0.717, 1.165) is 37.4 Å². The van der Waals surface area contributed by atoms with Crippen molar-refractivity contribution in [1.82, 2.24) is 10.2 Å². The number of ether oxygens (including phenoxy) is 1. The van der Waals surface area contributed by atoms with Gasteiger partial charge in [0.05, 0.1) is 11.6 Å². The number of nitrogens with zero attached hydrogens (tertiary/aromatic N) is 3. The first-order chi connectivity index (χ1) is 10.2. The fourth-order valence-electron chi connectivity index (χ4n) is 2.02. The Kier molecular flexibility index (Phi) is 4.29. The first kappa shape index (κ1) is 14.2. The Morgan fingerprint density at radius 3 is 2.90 bits per heavy atom. The van der Waals surface area contributed by atoms with Crippen LogP contribution >= 0.6 is 11.6 Å². The summed E-state index contributed by atoms with van der Waals surface area (Å²) in [6.07, 6.45) is 3.18. The predicted octanol–water partition coefficient (Wildman–Crippen LogP) is 3.51. The number of rotatable bonds is 7. The molecule has 3 rings (SSSR count). The molecule has 2 aromatic rings. The quantitative estimate of drug-likeness (QED) is 0.733. The summed E-state index contributed by atoms with van der Waals surface area (Å²) in [4.78, 5) is 1.95. The summed E-state index contributed by atoms with van der Waals surface area (Å²) in [5.41, 5.74) is 0. The van der Waals surface area contributed by atoms with Gasteiger partial charge < -0.3 is 14.1 Å². The molecule has 1 fully saturated rings. The van der Waals surface area contributed by atoms with Gasteiger partial charge in [-0.25, -0.2) is 0 Å². The van der Waals surface area contributed by atoms with E-state index in [0.29, 0.717) is 23.6 Å². The molecular formula is C15H18ClN3O2. The van der Waals surface area contributed by atoms with Gasteiger partial charge in [-0.1, -0.05) is 28.8 Å². The van der Waals surface area contributed by atoms with Gasteiger partial charge in [0, 0.05) is 19.5 Å². The van der Waals surface area contributed by atoms with Gasteiger partial charge in [0.1, 0.15) is 5.75 Å². The highest BCUT2D eigenvalue weighted by Crippen LogP contribution is 2.39. The van der Waals surface area contributed by atoms with Crippen molar-refractivity contribution in [3.8, 4) is 5.75 Å². The van der Waals surface area contributed by atoms with Crippen molar-refractivity contribution < 1.29 is 9.15 Å². The minimum absolute atomic E-state index is 0.489. The highest BCUT2D eigenvalue weighted by molar-refractivity contribution is 6.32. The van der Waals surface area contributed by atoms with Crippen LogP contribution in [0.15, 0.2) is 28.7 Å². The molecule has 1 heterocycles. The summed E-state index contributed by atoms with van der Waals surface area (Å²) in [5.74, 6) is 1.98. The Morgan fingerprint density at radius 1 is 1.33 bits per heavy atom. The van der Waals surface area contributed by atoms with Crippen LogP contribution in [-0.4, -0.2) is 30.4 Å². The molecule has 0 aliphatic heterocycles. The normalized spacial score (nSPS) is 14.2. The number of para-hydroxylation sites is 1. The topological polar surface area (TPSA) is 51.4 Å². The van der Waals surface area contributed by atoms with E-state index in [1.807, 2.05) is 36.2 Å². The van der Waals surface area contributed by atoms with E-state index in [4.69, 9.17) is 20.8 Å². The van der Waals surface area contributed by atoms with Crippen LogP contribution in [0.25, 0.3) is 0 Å². The smallest absolute Gasteiger partial charge is 0.317 e. The van der Waals surface area contributed by atoms with E-state index >= 15 is 0 Å². The first-order valence-electron chi connectivity index (χ1n) is 7.16. The van der Waals surface area contributed by atoms with Gasteiger partial charge >= 0.3 is 6.01 Å². The van der Waals surface area contributed by atoms with Crippen molar-refractivity contribution in [2.75, 3.05) is 25.1 Å². The van der Waals surface area contributed by atoms with Crippen LogP contribution in [0.3, 0.4) is 0 Å². The van der Waals surface area contributed by atoms with Crippen molar-refractivity contribution in [3.63, 3.8) is 0 Å². The maximum Gasteiger partial charge on any atom is 0.317 e. The maximum atomic E-state index is 6.03. The summed E-state index contributed by atoms with van der Waals surface area (Å²) in [6, 6.07) is 8.06. The lowest BCUT2D eigenvalue weighted by Gasteiger charge is -2.14. The largest absolute Gasteiger partial charge is 0.492 e. The molecule has 1 aliphatic carbocycles. The van der Waals surface area contributed by atoms with Gasteiger partial charge in [-0.15, -0.1) is 5.10 Å². The Balaban J connectivity index is 1.43. The second kappa shape index (κ2) is 6.35. The average molecular weight is 308 g/mol. The number of hydrogen-bond donors (Lipinski definition) is 0. The summed E-state index contributed by atoms with van der Waals surface area (Å²) >= 11 is 6.03. The summed E-state index contributed by atoms with van der Waals surface area (Å²) in [6.45, 7) is 1.38. The maximum absolute atomic E-state index is 6.03. The molecule has 1 saturated carbocycles. The lowest BCUT2D eigenvalue weighted by Crippen LogP contribution is -2.20. The van der Waals surface area contributed by atoms with Crippen molar-refractivity contribution in [1.29, 1.82) is 0 Å². The molecule has 21 heavy (non-hydrogen) atoms. The average Bonchev–Trinajstić information content (AvgIpc) is 3.22. The van der Waals surface area contributed by atoms with Crippen LogP contribution in [0.2, 0.25) is 5.02 Å². The molecule has 1 aliphatic rings. The molecule has 0 N–H and O–H groups in total. The Labute approximate surface area is 128 Å². The lowest BCUT2D eigenvalue weighted by molar-refractivity contribution is 0.311. The SMILES string of the molecule is CN(CCCOc1ccccc1Cl)c1nnc(C2CC2)o1. The third-order valence-corrected chi connectivity index (χ3v) is 3.73. The monoisotopic (exact) mass is 307 g/mol. The third kappa shape index (κ3) is 3.67. The molecule has 0 unspecified atom stereocenters. The summed E-state index contributed by atoms with van der Waals surface area (Å²) in [7, 11) is 1.94. The summed E-state index contributed by atoms with van der Waals surface area (Å²) in [5, 5.41) is 8.79. The number of benzene rings is 1. The van der Waals surface area contributed by atoms with E-state index in [2.05, 4.69) is 10.2 Å². The van der Waals surface area contributed by atoms with Gasteiger partial charge in [-0.05, 0) is 31.4 Å². The Bertz CT molecular complexity index is 598. The van der Waals surface area contributed by atoms with Crippen molar-refractivity contribution in [2.45, 2.75) is 25.2 Å². The van der Waals surface area contributed by atoms with Crippen molar-refractivity contribution in [2.24, 2.45) is 0 Å². The molecule has 112 valence electrons. The Hall–Kier alpha value is -1.75. The van der Waals surface area contributed by atoms with Crippen LogP contribution in [0.1, 0.15) is 31.1 Å². The lowest BCUT2D eigenvalue weighted by atomic mass is 10.3. The Morgan fingerprint density at radius 2 is 2.14 bits per heavy atom. The van der Waals surface area contributed by atoms with Crippen LogP contribution in [0.4, 0.5) is 6.01 Å². The van der Waals surface area contributed by atoms with Crippen LogP contribution < -0.4 is 9.64 Å². The van der Waals surface area contributed by atoms with Gasteiger partial charge in [-0.2, -0.15) is 0 Å². The van der Waals surface area contributed by atoms with E-state index < -0.39 is 0 Å². The zero-order valence-corrected chi connectivity index (χ0v) is 12.7. The second-order valence-corrected chi connectivity index (χ2v) is 5.66. The molecule has 6 heteroatoms. The highest BCUT2D eigenvalue weighted by Gasteiger charge is 2.29. The molecule has 1 aromatic carbocycles. The van der Waals surface area contributed by atoms with Gasteiger partial charge in [0.25, 0.3) is 0 Å². The molecule has 5 nitrogen and oxygen atoms in total. The van der Waals surface area contributed by atoms with Gasteiger partial charge in [0.15, 0.2) is 0 Å². The van der Waals surface area contributed by atoms with Crippen molar-refractivity contribution >= 4 is 17.6 Å². The zero-order valence-electron chi connectivity index (χ0n) is 12.0. The van der Waals surface area contributed by atoms with Crippen LogP contribution in [-0.2, 0) is 0 Å². The fraction of sp³-hybridized carbons (Fsp3) is 0.467. The molecule has 0 radical (unpaired) electrons. The molecule has 0 bridgehead atoms.